The van der Waals surface area contributed by atoms with Crippen molar-refractivity contribution in [2.45, 2.75) is 26.3 Å². The zero-order chi connectivity index (χ0) is 10.6. The van der Waals surface area contributed by atoms with E-state index in [0.29, 0.717) is 24.9 Å². The lowest BCUT2D eigenvalue weighted by Gasteiger charge is -2.07. The molecule has 1 aromatic rings. The second kappa shape index (κ2) is 4.81. The first-order chi connectivity index (χ1) is 6.70. The van der Waals surface area contributed by atoms with Crippen molar-refractivity contribution >= 4 is 5.97 Å². The first-order valence-corrected chi connectivity index (χ1v) is 4.72. The van der Waals surface area contributed by atoms with Crippen LogP contribution in [0.25, 0.3) is 0 Å². The third-order valence-corrected chi connectivity index (χ3v) is 2.20. The highest BCUT2D eigenvalue weighted by atomic mass is 16.4. The highest BCUT2D eigenvalue weighted by Gasteiger charge is 2.12. The van der Waals surface area contributed by atoms with Gasteiger partial charge in [-0.3, -0.25) is 0 Å². The van der Waals surface area contributed by atoms with E-state index in [1.807, 2.05) is 11.5 Å². The predicted octanol–water partition coefficient (Wildman–Crippen LogP) is 1.13. The summed E-state index contributed by atoms with van der Waals surface area (Å²) in [6.45, 7) is 2.73. The monoisotopic (exact) mass is 197 g/mol. The number of aromatic nitrogens is 1. The first-order valence-electron chi connectivity index (χ1n) is 4.72. The predicted molar refractivity (Wildman–Crippen MR) is 52.5 cm³/mol. The van der Waals surface area contributed by atoms with Gasteiger partial charge in [-0.25, -0.2) is 4.79 Å². The average Bonchev–Trinajstić information content (AvgIpc) is 2.57. The molecule has 0 aromatic carbocycles. The Kier molecular flexibility index (Phi) is 3.71. The van der Waals surface area contributed by atoms with Crippen molar-refractivity contribution in [1.29, 1.82) is 0 Å². The number of nitrogens with zero attached hydrogens (tertiary/aromatic N) is 1. The Morgan fingerprint density at radius 3 is 2.79 bits per heavy atom. The number of rotatable bonds is 5. The summed E-state index contributed by atoms with van der Waals surface area (Å²) >= 11 is 0. The van der Waals surface area contributed by atoms with Gasteiger partial charge in [0, 0.05) is 25.0 Å². The van der Waals surface area contributed by atoms with E-state index in [1.54, 1.807) is 12.3 Å². The molecule has 0 fully saturated rings. The molecular weight excluding hydrogens is 182 g/mol. The molecule has 0 saturated heterocycles. The third kappa shape index (κ3) is 2.14. The van der Waals surface area contributed by atoms with E-state index in [2.05, 4.69) is 0 Å². The van der Waals surface area contributed by atoms with Gasteiger partial charge in [0.25, 0.3) is 0 Å². The quantitative estimate of drug-likeness (QED) is 0.743. The number of aryl methyl sites for hydroxylation is 1. The number of aliphatic hydroxyl groups is 1. The van der Waals surface area contributed by atoms with Gasteiger partial charge in [-0.15, -0.1) is 0 Å². The minimum atomic E-state index is -0.885. The molecule has 2 N–H and O–H groups in total. The molecule has 14 heavy (non-hydrogen) atoms. The Labute approximate surface area is 82.8 Å². The highest BCUT2D eigenvalue weighted by molar-refractivity contribution is 5.89. The molecule has 1 aromatic heterocycles. The maximum Gasteiger partial charge on any atom is 0.337 e. The summed E-state index contributed by atoms with van der Waals surface area (Å²) in [6, 6.07) is 1.61. The van der Waals surface area contributed by atoms with Crippen molar-refractivity contribution in [3.63, 3.8) is 0 Å². The van der Waals surface area contributed by atoms with Gasteiger partial charge in [0.2, 0.25) is 0 Å². The fourth-order valence-corrected chi connectivity index (χ4v) is 1.54. The smallest absolute Gasteiger partial charge is 0.337 e. The van der Waals surface area contributed by atoms with Crippen molar-refractivity contribution in [2.24, 2.45) is 0 Å². The molecule has 0 spiro atoms. The molecule has 4 heteroatoms. The number of aromatic carboxylic acids is 1. The summed E-state index contributed by atoms with van der Waals surface area (Å²) in [5.41, 5.74) is 1.19. The summed E-state index contributed by atoms with van der Waals surface area (Å²) in [6.07, 6.45) is 3.11. The molecule has 1 rings (SSSR count). The van der Waals surface area contributed by atoms with E-state index in [0.717, 1.165) is 5.69 Å². The number of carboxylic acid groups (broad SMARTS) is 1. The Hall–Kier alpha value is -1.29. The van der Waals surface area contributed by atoms with Crippen molar-refractivity contribution in [1.82, 2.24) is 4.57 Å². The van der Waals surface area contributed by atoms with Gasteiger partial charge in [-0.2, -0.15) is 0 Å². The number of hydrogen-bond acceptors (Lipinski definition) is 2. The number of carboxylic acids is 1. The lowest BCUT2D eigenvalue weighted by atomic mass is 10.2. The Balaban J connectivity index is 2.89. The van der Waals surface area contributed by atoms with Crippen LogP contribution in [-0.4, -0.2) is 27.4 Å². The van der Waals surface area contributed by atoms with Crippen LogP contribution < -0.4 is 0 Å². The van der Waals surface area contributed by atoms with Crippen molar-refractivity contribution < 1.29 is 15.0 Å². The Bertz CT molecular complexity index is 317. The maximum atomic E-state index is 10.8. The first kappa shape index (κ1) is 10.8. The highest BCUT2D eigenvalue weighted by Crippen LogP contribution is 2.12. The van der Waals surface area contributed by atoms with Gasteiger partial charge in [0.15, 0.2) is 0 Å². The molecule has 0 saturated carbocycles. The van der Waals surface area contributed by atoms with Crippen LogP contribution >= 0.6 is 0 Å². The number of hydrogen-bond donors (Lipinski definition) is 2. The van der Waals surface area contributed by atoms with Crippen LogP contribution in [0.2, 0.25) is 0 Å². The fourth-order valence-electron chi connectivity index (χ4n) is 1.54. The molecular formula is C10H15NO3. The minimum absolute atomic E-state index is 0.129. The standard InChI is InChI=1S/C10H15NO3/c1-2-9-8(10(13)14)4-6-11(9)5-3-7-12/h4,6,12H,2-3,5,7H2,1H3,(H,13,14). The Morgan fingerprint density at radius 1 is 1.57 bits per heavy atom. The van der Waals surface area contributed by atoms with E-state index in [-0.39, 0.29) is 6.61 Å². The summed E-state index contributed by atoms with van der Waals surface area (Å²) in [7, 11) is 0. The van der Waals surface area contributed by atoms with E-state index < -0.39 is 5.97 Å². The second-order valence-corrected chi connectivity index (χ2v) is 3.11. The minimum Gasteiger partial charge on any atom is -0.478 e. The zero-order valence-corrected chi connectivity index (χ0v) is 8.23. The SMILES string of the molecule is CCc1c(C(=O)O)ccn1CCCO. The van der Waals surface area contributed by atoms with Crippen LogP contribution in [0.15, 0.2) is 12.3 Å². The van der Waals surface area contributed by atoms with Crippen LogP contribution in [0, 0.1) is 0 Å². The van der Waals surface area contributed by atoms with Crippen LogP contribution in [0.1, 0.15) is 29.4 Å². The zero-order valence-electron chi connectivity index (χ0n) is 8.23. The van der Waals surface area contributed by atoms with E-state index in [9.17, 15) is 4.79 Å². The average molecular weight is 197 g/mol. The molecule has 0 atom stereocenters. The second-order valence-electron chi connectivity index (χ2n) is 3.11. The normalized spacial score (nSPS) is 10.4. The van der Waals surface area contributed by atoms with Crippen molar-refractivity contribution in [2.75, 3.05) is 6.61 Å². The van der Waals surface area contributed by atoms with Gasteiger partial charge in [-0.1, -0.05) is 6.92 Å². The summed E-state index contributed by atoms with van der Waals surface area (Å²) in [4.78, 5) is 10.8. The van der Waals surface area contributed by atoms with Crippen LogP contribution in [-0.2, 0) is 13.0 Å². The van der Waals surface area contributed by atoms with Crippen molar-refractivity contribution in [3.8, 4) is 0 Å². The van der Waals surface area contributed by atoms with Gasteiger partial charge < -0.3 is 14.8 Å². The molecule has 1 heterocycles. The molecule has 0 unspecified atom stereocenters. The summed E-state index contributed by atoms with van der Waals surface area (Å²) < 4.78 is 1.89. The van der Waals surface area contributed by atoms with Crippen molar-refractivity contribution in [3.05, 3.63) is 23.5 Å². The summed E-state index contributed by atoms with van der Waals surface area (Å²) in [5, 5.41) is 17.6. The topological polar surface area (TPSA) is 62.5 Å². The largest absolute Gasteiger partial charge is 0.478 e. The van der Waals surface area contributed by atoms with E-state index >= 15 is 0 Å². The lowest BCUT2D eigenvalue weighted by Crippen LogP contribution is -2.06. The molecule has 0 aliphatic heterocycles. The van der Waals surface area contributed by atoms with Crippen LogP contribution in [0.5, 0.6) is 0 Å². The Morgan fingerprint density at radius 2 is 2.29 bits per heavy atom. The third-order valence-electron chi connectivity index (χ3n) is 2.20. The van der Waals surface area contributed by atoms with Gasteiger partial charge >= 0.3 is 5.97 Å². The van der Waals surface area contributed by atoms with Gasteiger partial charge in [0.1, 0.15) is 0 Å². The molecule has 0 amide bonds. The lowest BCUT2D eigenvalue weighted by molar-refractivity contribution is 0.0695. The molecule has 0 bridgehead atoms. The maximum absolute atomic E-state index is 10.8. The molecule has 0 aliphatic rings. The molecule has 78 valence electrons. The van der Waals surface area contributed by atoms with E-state index in [4.69, 9.17) is 10.2 Å². The van der Waals surface area contributed by atoms with Crippen LogP contribution in [0.4, 0.5) is 0 Å². The van der Waals surface area contributed by atoms with Gasteiger partial charge in [-0.05, 0) is 18.9 Å². The molecule has 0 radical (unpaired) electrons. The van der Waals surface area contributed by atoms with Gasteiger partial charge in [0.05, 0.1) is 5.56 Å². The fraction of sp³-hybridized carbons (Fsp3) is 0.500. The molecule has 4 nitrogen and oxygen atoms in total. The number of carbonyl (C=O) groups is 1. The van der Waals surface area contributed by atoms with E-state index in [1.165, 1.54) is 0 Å². The number of aliphatic hydroxyl groups excluding tert-OH is 1. The summed E-state index contributed by atoms with van der Waals surface area (Å²) in [5.74, 6) is -0.885. The molecule has 0 aliphatic carbocycles. The van der Waals surface area contributed by atoms with Crippen LogP contribution in [0.3, 0.4) is 0 Å².